The van der Waals surface area contributed by atoms with Crippen LogP contribution in [0.15, 0.2) is 24.3 Å². The van der Waals surface area contributed by atoms with E-state index >= 15 is 0 Å². The van der Waals surface area contributed by atoms with Crippen LogP contribution in [0.1, 0.15) is 60.0 Å². The van der Waals surface area contributed by atoms with Gasteiger partial charge < -0.3 is 0 Å². The molecule has 0 spiro atoms. The van der Waals surface area contributed by atoms with E-state index < -0.39 is 0 Å². The van der Waals surface area contributed by atoms with E-state index in [9.17, 15) is 9.59 Å². The summed E-state index contributed by atoms with van der Waals surface area (Å²) in [4.78, 5) is 25.4. The molecule has 0 saturated heterocycles. The van der Waals surface area contributed by atoms with E-state index in [1.165, 1.54) is 4.68 Å². The van der Waals surface area contributed by atoms with Crippen molar-refractivity contribution in [2.45, 2.75) is 39.0 Å². The summed E-state index contributed by atoms with van der Waals surface area (Å²) in [5, 5.41) is 4.51. The van der Waals surface area contributed by atoms with Gasteiger partial charge in [0.15, 0.2) is 5.78 Å². The monoisotopic (exact) mass is 330 g/mol. The predicted molar refractivity (Wildman–Crippen MR) is 90.4 cm³/mol. The molecule has 1 heterocycles. The summed E-state index contributed by atoms with van der Waals surface area (Å²) in [5.41, 5.74) is 2.99. The van der Waals surface area contributed by atoms with Gasteiger partial charge >= 0.3 is 0 Å². The van der Waals surface area contributed by atoms with Crippen LogP contribution in [-0.4, -0.2) is 27.4 Å². The van der Waals surface area contributed by atoms with Crippen LogP contribution in [0.25, 0.3) is 11.3 Å². The van der Waals surface area contributed by atoms with E-state index in [2.05, 4.69) is 5.10 Å². The van der Waals surface area contributed by atoms with Crippen LogP contribution >= 0.6 is 11.6 Å². The Kier molecular flexibility index (Phi) is 3.88. The van der Waals surface area contributed by atoms with Gasteiger partial charge in [-0.1, -0.05) is 45.0 Å². The number of benzene rings is 1. The second-order valence-corrected chi connectivity index (χ2v) is 7.17. The molecular formula is C18H19ClN2O2. The summed E-state index contributed by atoms with van der Waals surface area (Å²) in [6.45, 7) is 6.00. The molecule has 1 aliphatic rings. The van der Waals surface area contributed by atoms with Crippen molar-refractivity contribution in [1.29, 1.82) is 0 Å². The van der Waals surface area contributed by atoms with Crippen LogP contribution in [-0.2, 0) is 5.41 Å². The topological polar surface area (TPSA) is 52.0 Å². The molecule has 0 N–H and O–H groups in total. The summed E-state index contributed by atoms with van der Waals surface area (Å²) in [6, 6.07) is 7.39. The lowest BCUT2D eigenvalue weighted by molar-refractivity contribution is 0.0887. The Morgan fingerprint density at radius 2 is 1.87 bits per heavy atom. The number of hydrogen-bond acceptors (Lipinski definition) is 3. The minimum atomic E-state index is -0.320. The molecule has 0 aliphatic heterocycles. The molecule has 0 radical (unpaired) electrons. The van der Waals surface area contributed by atoms with Gasteiger partial charge in [0, 0.05) is 28.8 Å². The Labute approximate surface area is 140 Å². The summed E-state index contributed by atoms with van der Waals surface area (Å²) in [7, 11) is 0. The number of ketones is 1. The van der Waals surface area contributed by atoms with Gasteiger partial charge in [-0.05, 0) is 6.42 Å². The number of rotatable bonds is 3. The molecular weight excluding hydrogens is 312 g/mol. The number of carbonyl (C=O) groups excluding carboxylic acids is 2. The van der Waals surface area contributed by atoms with E-state index in [1.807, 2.05) is 39.0 Å². The van der Waals surface area contributed by atoms with Crippen molar-refractivity contribution in [2.24, 2.45) is 0 Å². The fraction of sp³-hybridized carbons (Fsp3) is 0.389. The lowest BCUT2D eigenvalue weighted by Gasteiger charge is -2.16. The molecule has 2 aromatic rings. The van der Waals surface area contributed by atoms with Crippen LogP contribution in [0.5, 0.6) is 0 Å². The lowest BCUT2D eigenvalue weighted by atomic mass is 9.88. The summed E-state index contributed by atoms with van der Waals surface area (Å²) < 4.78 is 1.41. The van der Waals surface area contributed by atoms with Crippen LogP contribution in [0, 0.1) is 0 Å². The van der Waals surface area contributed by atoms with Crippen molar-refractivity contribution in [3.8, 4) is 11.3 Å². The molecule has 23 heavy (non-hydrogen) atoms. The molecule has 0 atom stereocenters. The second-order valence-electron chi connectivity index (χ2n) is 6.79. The molecule has 5 heteroatoms. The highest BCUT2D eigenvalue weighted by Crippen LogP contribution is 2.41. The summed E-state index contributed by atoms with van der Waals surface area (Å²) in [5.74, 6) is 0.260. The Morgan fingerprint density at radius 1 is 1.22 bits per heavy atom. The third kappa shape index (κ3) is 2.51. The van der Waals surface area contributed by atoms with E-state index in [0.29, 0.717) is 41.2 Å². The first kappa shape index (κ1) is 15.9. The van der Waals surface area contributed by atoms with Gasteiger partial charge in [-0.3, -0.25) is 9.59 Å². The van der Waals surface area contributed by atoms with Gasteiger partial charge in [0.2, 0.25) is 5.91 Å². The van der Waals surface area contributed by atoms with Gasteiger partial charge in [0.25, 0.3) is 0 Å². The Morgan fingerprint density at radius 3 is 2.48 bits per heavy atom. The van der Waals surface area contributed by atoms with Crippen molar-refractivity contribution in [1.82, 2.24) is 9.78 Å². The first-order valence-electron chi connectivity index (χ1n) is 7.73. The number of carbonyl (C=O) groups is 2. The second kappa shape index (κ2) is 5.60. The zero-order chi connectivity index (χ0) is 16.8. The van der Waals surface area contributed by atoms with Crippen LogP contribution in [0.4, 0.5) is 0 Å². The largest absolute Gasteiger partial charge is 0.288 e. The first-order valence-corrected chi connectivity index (χ1v) is 8.26. The Bertz CT molecular complexity index is 800. The van der Waals surface area contributed by atoms with Gasteiger partial charge in [-0.25, -0.2) is 0 Å². The van der Waals surface area contributed by atoms with Crippen molar-refractivity contribution in [3.63, 3.8) is 0 Å². The lowest BCUT2D eigenvalue weighted by Crippen LogP contribution is -2.19. The zero-order valence-electron chi connectivity index (χ0n) is 13.5. The zero-order valence-corrected chi connectivity index (χ0v) is 14.3. The van der Waals surface area contributed by atoms with Gasteiger partial charge in [0.05, 0.1) is 17.0 Å². The maximum absolute atomic E-state index is 12.8. The molecule has 0 amide bonds. The number of aromatic nitrogens is 2. The SMILES string of the molecule is CC(C)(C)c1nn(C(=O)CCCCl)c2c1C(=O)c1ccccc1-2. The molecule has 1 aromatic carbocycles. The fourth-order valence-corrected chi connectivity index (χ4v) is 3.07. The Balaban J connectivity index is 2.23. The molecule has 4 nitrogen and oxygen atoms in total. The van der Waals surface area contributed by atoms with Crippen molar-refractivity contribution >= 4 is 23.3 Å². The standard InChI is InChI=1S/C18H19ClN2O2/c1-18(2,3)17-14-15(21(20-17)13(22)9-6-10-19)11-7-4-5-8-12(11)16(14)23/h4-5,7-8H,6,9-10H2,1-3H3. The normalized spacial score (nSPS) is 13.1. The molecule has 0 bridgehead atoms. The van der Waals surface area contributed by atoms with E-state index in [-0.39, 0.29) is 17.1 Å². The molecule has 0 fully saturated rings. The molecule has 0 unspecified atom stereocenters. The van der Waals surface area contributed by atoms with E-state index in [4.69, 9.17) is 11.6 Å². The van der Waals surface area contributed by atoms with Crippen molar-refractivity contribution < 1.29 is 9.59 Å². The average Bonchev–Trinajstić information content (AvgIpc) is 3.03. The maximum atomic E-state index is 12.8. The minimum absolute atomic E-state index is 0.0445. The third-order valence-corrected chi connectivity index (χ3v) is 4.28. The van der Waals surface area contributed by atoms with Crippen molar-refractivity contribution in [3.05, 3.63) is 41.1 Å². The molecule has 1 aromatic heterocycles. The Hall–Kier alpha value is -1.94. The highest BCUT2D eigenvalue weighted by Gasteiger charge is 2.38. The van der Waals surface area contributed by atoms with E-state index in [0.717, 1.165) is 5.56 Å². The number of alkyl halides is 1. The number of nitrogens with zero attached hydrogens (tertiary/aromatic N) is 2. The summed E-state index contributed by atoms with van der Waals surface area (Å²) >= 11 is 5.70. The smallest absolute Gasteiger partial charge is 0.247 e. The highest BCUT2D eigenvalue weighted by molar-refractivity contribution is 6.22. The number of hydrogen-bond donors (Lipinski definition) is 0. The molecule has 1 aliphatic carbocycles. The predicted octanol–water partition coefficient (Wildman–Crippen LogP) is 4.05. The van der Waals surface area contributed by atoms with Crippen LogP contribution < -0.4 is 0 Å². The molecule has 3 rings (SSSR count). The van der Waals surface area contributed by atoms with Crippen LogP contribution in [0.3, 0.4) is 0 Å². The fourth-order valence-electron chi connectivity index (χ4n) is 2.93. The molecule has 120 valence electrons. The van der Waals surface area contributed by atoms with E-state index in [1.54, 1.807) is 6.07 Å². The first-order chi connectivity index (χ1) is 10.9. The average molecular weight is 331 g/mol. The third-order valence-electron chi connectivity index (χ3n) is 4.01. The number of halogens is 1. The maximum Gasteiger partial charge on any atom is 0.247 e. The van der Waals surface area contributed by atoms with Crippen LogP contribution in [0.2, 0.25) is 0 Å². The summed E-state index contributed by atoms with van der Waals surface area (Å²) in [6.07, 6.45) is 0.910. The minimum Gasteiger partial charge on any atom is -0.288 e. The van der Waals surface area contributed by atoms with Gasteiger partial charge in [-0.2, -0.15) is 9.78 Å². The molecule has 0 saturated carbocycles. The number of fused-ring (bicyclic) bond motifs is 3. The quantitative estimate of drug-likeness (QED) is 0.681. The van der Waals surface area contributed by atoms with Gasteiger partial charge in [-0.15, -0.1) is 11.6 Å². The van der Waals surface area contributed by atoms with Crippen molar-refractivity contribution in [2.75, 3.05) is 5.88 Å². The highest BCUT2D eigenvalue weighted by atomic mass is 35.5. The van der Waals surface area contributed by atoms with Gasteiger partial charge in [0.1, 0.15) is 0 Å².